The summed E-state index contributed by atoms with van der Waals surface area (Å²) in [5, 5.41) is 8.43. The molecule has 0 aromatic carbocycles. The molecule has 0 aromatic heterocycles. The molecule has 0 aliphatic carbocycles. The molecule has 5 heteroatoms. The zero-order chi connectivity index (χ0) is 9.56. The van der Waals surface area contributed by atoms with Gasteiger partial charge in [0.1, 0.15) is 6.04 Å². The summed E-state index contributed by atoms with van der Waals surface area (Å²) in [7, 11) is 0. The summed E-state index contributed by atoms with van der Waals surface area (Å²) in [6, 6.07) is -0.568. The summed E-state index contributed by atoms with van der Waals surface area (Å²) in [6.07, 6.45) is 0.900. The average Bonchev–Trinajstić information content (AvgIpc) is 1.97. The van der Waals surface area contributed by atoms with Crippen molar-refractivity contribution in [1.82, 2.24) is 0 Å². The van der Waals surface area contributed by atoms with Gasteiger partial charge < -0.3 is 16.6 Å². The fourth-order valence-electron chi connectivity index (χ4n) is 0.551. The largest absolute Gasteiger partial charge is 0.480 e. The van der Waals surface area contributed by atoms with Gasteiger partial charge >= 0.3 is 5.97 Å². The van der Waals surface area contributed by atoms with Crippen LogP contribution in [-0.4, -0.2) is 34.7 Å². The van der Waals surface area contributed by atoms with E-state index in [0.717, 1.165) is 12.2 Å². The lowest BCUT2D eigenvalue weighted by Gasteiger charge is -2.06. The zero-order valence-corrected chi connectivity index (χ0v) is 8.01. The van der Waals surface area contributed by atoms with E-state index in [2.05, 4.69) is 0 Å². The Kier molecular flexibility index (Phi) is 6.14. The molecule has 72 valence electrons. The van der Waals surface area contributed by atoms with Crippen molar-refractivity contribution in [2.24, 2.45) is 11.5 Å². The van der Waals surface area contributed by atoms with E-state index < -0.39 is 12.0 Å². The first-order valence-corrected chi connectivity index (χ1v) is 5.01. The lowest BCUT2D eigenvalue weighted by molar-refractivity contribution is -0.137. The zero-order valence-electron chi connectivity index (χ0n) is 7.19. The lowest BCUT2D eigenvalue weighted by Crippen LogP contribution is -2.32. The Morgan fingerprint density at radius 3 is 2.58 bits per heavy atom. The minimum absolute atomic E-state index is 0.179. The number of carboxylic acids is 1. The molecule has 0 amide bonds. The molecule has 0 fully saturated rings. The molecule has 0 aliphatic heterocycles. The van der Waals surface area contributed by atoms with Gasteiger partial charge in [-0.3, -0.25) is 4.79 Å². The van der Waals surface area contributed by atoms with Gasteiger partial charge in [-0.25, -0.2) is 0 Å². The van der Waals surface area contributed by atoms with Crippen LogP contribution in [-0.2, 0) is 4.79 Å². The molecule has 0 aliphatic rings. The number of carboxylic acid groups (broad SMARTS) is 1. The fraction of sp³-hybridized carbons (Fsp3) is 0.857. The first-order valence-electron chi connectivity index (χ1n) is 3.85. The third kappa shape index (κ3) is 6.45. The Labute approximate surface area is 76.7 Å². The van der Waals surface area contributed by atoms with E-state index in [0.29, 0.717) is 5.75 Å². The number of hydrogen-bond donors (Lipinski definition) is 3. The van der Waals surface area contributed by atoms with Crippen molar-refractivity contribution in [1.29, 1.82) is 0 Å². The SMILES string of the molecule is CC(N)CCSCC(N)C(=O)O. The first-order chi connectivity index (χ1) is 5.54. The van der Waals surface area contributed by atoms with Crippen molar-refractivity contribution in [3.63, 3.8) is 0 Å². The van der Waals surface area contributed by atoms with Crippen LogP contribution in [0.3, 0.4) is 0 Å². The number of carbonyl (C=O) groups is 1. The van der Waals surface area contributed by atoms with Gasteiger partial charge in [0, 0.05) is 11.8 Å². The highest BCUT2D eigenvalue weighted by atomic mass is 32.2. The second-order valence-electron chi connectivity index (χ2n) is 2.79. The highest BCUT2D eigenvalue weighted by molar-refractivity contribution is 7.99. The molecule has 0 saturated carbocycles. The molecule has 4 nitrogen and oxygen atoms in total. The molecule has 2 atom stereocenters. The van der Waals surface area contributed by atoms with Crippen LogP contribution in [0, 0.1) is 0 Å². The van der Waals surface area contributed by atoms with Crippen LogP contribution in [0.15, 0.2) is 0 Å². The van der Waals surface area contributed by atoms with Crippen LogP contribution in [0.2, 0.25) is 0 Å². The van der Waals surface area contributed by atoms with Crippen LogP contribution >= 0.6 is 11.8 Å². The Morgan fingerprint density at radius 1 is 1.58 bits per heavy atom. The topological polar surface area (TPSA) is 89.3 Å². The third-order valence-corrected chi connectivity index (χ3v) is 2.45. The normalized spacial score (nSPS) is 15.6. The highest BCUT2D eigenvalue weighted by Gasteiger charge is 2.10. The average molecular weight is 192 g/mol. The minimum Gasteiger partial charge on any atom is -0.480 e. The summed E-state index contributed by atoms with van der Waals surface area (Å²) >= 11 is 1.53. The Bertz CT molecular complexity index is 141. The van der Waals surface area contributed by atoms with E-state index >= 15 is 0 Å². The van der Waals surface area contributed by atoms with Gasteiger partial charge in [0.15, 0.2) is 0 Å². The third-order valence-electron chi connectivity index (χ3n) is 1.33. The summed E-state index contributed by atoms with van der Waals surface area (Å²) < 4.78 is 0. The first kappa shape index (κ1) is 11.7. The standard InChI is InChI=1S/C7H16N2O2S/c1-5(8)2-3-12-4-6(9)7(10)11/h5-6H,2-4,8-9H2,1H3,(H,10,11). The number of aliphatic carboxylic acids is 1. The second kappa shape index (κ2) is 6.28. The molecule has 0 radical (unpaired) electrons. The van der Waals surface area contributed by atoms with E-state index in [9.17, 15) is 4.79 Å². The van der Waals surface area contributed by atoms with Crippen LogP contribution < -0.4 is 11.5 Å². The van der Waals surface area contributed by atoms with Gasteiger partial charge in [-0.2, -0.15) is 11.8 Å². The number of hydrogen-bond acceptors (Lipinski definition) is 4. The Balaban J connectivity index is 3.25. The van der Waals surface area contributed by atoms with Crippen molar-refractivity contribution in [3.8, 4) is 0 Å². The molecule has 0 aromatic rings. The van der Waals surface area contributed by atoms with E-state index in [1.807, 2.05) is 6.92 Å². The molecule has 0 rings (SSSR count). The van der Waals surface area contributed by atoms with Gasteiger partial charge in [-0.05, 0) is 19.1 Å². The van der Waals surface area contributed by atoms with E-state index in [1.54, 1.807) is 0 Å². The van der Waals surface area contributed by atoms with Crippen molar-refractivity contribution in [3.05, 3.63) is 0 Å². The summed E-state index contributed by atoms with van der Waals surface area (Å²) in [4.78, 5) is 10.3. The van der Waals surface area contributed by atoms with Crippen molar-refractivity contribution >= 4 is 17.7 Å². The molecule has 0 bridgehead atoms. The van der Waals surface area contributed by atoms with E-state index in [-0.39, 0.29) is 6.04 Å². The second-order valence-corrected chi connectivity index (χ2v) is 3.94. The number of rotatable bonds is 6. The van der Waals surface area contributed by atoms with Gasteiger partial charge in [-0.15, -0.1) is 0 Å². The molecule has 12 heavy (non-hydrogen) atoms. The van der Waals surface area contributed by atoms with Crippen LogP contribution in [0.1, 0.15) is 13.3 Å². The molecule has 0 saturated heterocycles. The van der Waals surface area contributed by atoms with E-state index in [1.165, 1.54) is 11.8 Å². The molecular formula is C7H16N2O2S. The van der Waals surface area contributed by atoms with Crippen molar-refractivity contribution in [2.45, 2.75) is 25.4 Å². The van der Waals surface area contributed by atoms with Gasteiger partial charge in [0.2, 0.25) is 0 Å². The maximum absolute atomic E-state index is 10.3. The maximum atomic E-state index is 10.3. The Hall–Kier alpha value is -0.260. The van der Waals surface area contributed by atoms with Crippen LogP contribution in [0.25, 0.3) is 0 Å². The van der Waals surface area contributed by atoms with Gasteiger partial charge in [0.25, 0.3) is 0 Å². The van der Waals surface area contributed by atoms with Crippen LogP contribution in [0.5, 0.6) is 0 Å². The van der Waals surface area contributed by atoms with E-state index in [4.69, 9.17) is 16.6 Å². The molecular weight excluding hydrogens is 176 g/mol. The monoisotopic (exact) mass is 192 g/mol. The predicted molar refractivity (Wildman–Crippen MR) is 51.2 cm³/mol. The smallest absolute Gasteiger partial charge is 0.321 e. The fourth-order valence-corrected chi connectivity index (χ4v) is 1.65. The molecule has 2 unspecified atom stereocenters. The Morgan fingerprint density at radius 2 is 2.17 bits per heavy atom. The summed E-state index contributed by atoms with van der Waals surface area (Å²) in [5.74, 6) is 0.393. The summed E-state index contributed by atoms with van der Waals surface area (Å²) in [5.41, 5.74) is 10.8. The lowest BCUT2D eigenvalue weighted by atomic mass is 10.3. The quantitative estimate of drug-likeness (QED) is 0.510. The van der Waals surface area contributed by atoms with Crippen molar-refractivity contribution < 1.29 is 9.90 Å². The predicted octanol–water partition coefficient (Wildman–Crippen LogP) is -0.131. The maximum Gasteiger partial charge on any atom is 0.321 e. The minimum atomic E-state index is -0.941. The van der Waals surface area contributed by atoms with Crippen LogP contribution in [0.4, 0.5) is 0 Å². The number of thioether (sulfide) groups is 1. The van der Waals surface area contributed by atoms with Crippen molar-refractivity contribution in [2.75, 3.05) is 11.5 Å². The molecule has 0 heterocycles. The molecule has 5 N–H and O–H groups in total. The molecule has 0 spiro atoms. The number of nitrogens with two attached hydrogens (primary N) is 2. The van der Waals surface area contributed by atoms with Gasteiger partial charge in [0.05, 0.1) is 0 Å². The van der Waals surface area contributed by atoms with Gasteiger partial charge in [-0.1, -0.05) is 0 Å². The summed E-state index contributed by atoms with van der Waals surface area (Å²) in [6.45, 7) is 1.93. The highest BCUT2D eigenvalue weighted by Crippen LogP contribution is 2.05.